The Balaban J connectivity index is 1.87. The Morgan fingerprint density at radius 3 is 1.68 bits per heavy atom. The Bertz CT molecular complexity index is 745. The molecule has 19 heavy (non-hydrogen) atoms. The highest BCUT2D eigenvalue weighted by Crippen LogP contribution is 2.53. The maximum Gasteiger partial charge on any atom is -0.0153 e. The molecule has 0 aliphatic heterocycles. The van der Waals surface area contributed by atoms with Crippen LogP contribution in [0.4, 0.5) is 0 Å². The lowest BCUT2D eigenvalue weighted by atomic mass is 9.89. The van der Waals surface area contributed by atoms with Crippen molar-refractivity contribution >= 4 is 21.5 Å². The minimum Gasteiger partial charge on any atom is -0.0616 e. The molecule has 2 atom stereocenters. The highest BCUT2D eigenvalue weighted by atomic mass is 14.4. The molecule has 3 aromatic rings. The molecule has 2 bridgehead atoms. The van der Waals surface area contributed by atoms with Crippen molar-refractivity contribution < 1.29 is 0 Å². The van der Waals surface area contributed by atoms with Gasteiger partial charge in [-0.3, -0.25) is 0 Å². The summed E-state index contributed by atoms with van der Waals surface area (Å²) in [7, 11) is 0. The van der Waals surface area contributed by atoms with Crippen molar-refractivity contribution in [2.75, 3.05) is 0 Å². The van der Waals surface area contributed by atoms with E-state index in [9.17, 15) is 0 Å². The maximum absolute atomic E-state index is 2.47. The molecule has 92 valence electrons. The van der Waals surface area contributed by atoms with E-state index in [4.69, 9.17) is 0 Å². The van der Waals surface area contributed by atoms with Gasteiger partial charge in [-0.05, 0) is 75.9 Å². The third kappa shape index (κ3) is 1.29. The normalized spacial score (nSPS) is 24.2. The zero-order valence-electron chi connectivity index (χ0n) is 10.9. The van der Waals surface area contributed by atoms with Gasteiger partial charge < -0.3 is 0 Å². The summed E-state index contributed by atoms with van der Waals surface area (Å²) in [4.78, 5) is 0. The number of fused-ring (bicyclic) bond motifs is 7. The van der Waals surface area contributed by atoms with Crippen LogP contribution in [0, 0.1) is 0 Å². The van der Waals surface area contributed by atoms with Gasteiger partial charge in [-0.2, -0.15) is 0 Å². The summed E-state index contributed by atoms with van der Waals surface area (Å²) < 4.78 is 0. The first-order valence-corrected chi connectivity index (χ1v) is 7.35. The van der Waals surface area contributed by atoms with Gasteiger partial charge in [-0.1, -0.05) is 36.4 Å². The van der Waals surface area contributed by atoms with Crippen LogP contribution in [0.15, 0.2) is 48.5 Å². The Labute approximate surface area is 113 Å². The van der Waals surface area contributed by atoms with Crippen LogP contribution >= 0.6 is 0 Å². The molecule has 0 N–H and O–H groups in total. The van der Waals surface area contributed by atoms with Crippen molar-refractivity contribution in [2.45, 2.75) is 31.1 Å². The monoisotopic (exact) mass is 244 g/mol. The van der Waals surface area contributed by atoms with Gasteiger partial charge in [0.2, 0.25) is 0 Å². The molecule has 1 fully saturated rings. The number of benzene rings is 3. The third-order valence-electron chi connectivity index (χ3n) is 5.22. The highest BCUT2D eigenvalue weighted by molar-refractivity contribution is 5.99. The van der Waals surface area contributed by atoms with Gasteiger partial charge >= 0.3 is 0 Å². The topological polar surface area (TPSA) is 0 Å². The fourth-order valence-electron chi connectivity index (χ4n) is 4.28. The molecule has 0 aromatic heterocycles. The van der Waals surface area contributed by atoms with Crippen LogP contribution in [-0.4, -0.2) is 0 Å². The first kappa shape index (κ1) is 10.0. The van der Waals surface area contributed by atoms with Crippen molar-refractivity contribution in [3.63, 3.8) is 0 Å². The standard InChI is InChI=1S/C19H16/c1-2-4-13-8-17-11-19-15-6-5-14(9-15)18(19)10-16(17)7-12(13)3-1/h1-4,7-8,10-11,14-15H,5-6,9H2. The van der Waals surface area contributed by atoms with Gasteiger partial charge in [-0.15, -0.1) is 0 Å². The van der Waals surface area contributed by atoms with E-state index in [1.54, 1.807) is 11.1 Å². The number of hydrogen-bond acceptors (Lipinski definition) is 0. The minimum absolute atomic E-state index is 0.857. The van der Waals surface area contributed by atoms with Crippen molar-refractivity contribution in [3.05, 3.63) is 59.7 Å². The molecule has 5 rings (SSSR count). The molecule has 0 heteroatoms. The molecule has 0 amide bonds. The zero-order valence-corrected chi connectivity index (χ0v) is 10.9. The van der Waals surface area contributed by atoms with E-state index < -0.39 is 0 Å². The smallest absolute Gasteiger partial charge is 0.0153 e. The predicted molar refractivity (Wildman–Crippen MR) is 80.8 cm³/mol. The van der Waals surface area contributed by atoms with Gasteiger partial charge in [0, 0.05) is 0 Å². The first-order valence-electron chi connectivity index (χ1n) is 7.35. The molecule has 2 aliphatic rings. The molecule has 0 saturated heterocycles. The van der Waals surface area contributed by atoms with Crippen LogP contribution in [0.3, 0.4) is 0 Å². The lowest BCUT2D eigenvalue weighted by molar-refractivity contribution is 0.719. The Morgan fingerprint density at radius 1 is 0.632 bits per heavy atom. The van der Waals surface area contributed by atoms with Crippen LogP contribution < -0.4 is 0 Å². The quantitative estimate of drug-likeness (QED) is 0.467. The van der Waals surface area contributed by atoms with Crippen LogP contribution in [0.5, 0.6) is 0 Å². The Hall–Kier alpha value is -1.82. The number of hydrogen-bond donors (Lipinski definition) is 0. The summed E-state index contributed by atoms with van der Waals surface area (Å²) in [5.74, 6) is 1.71. The number of rotatable bonds is 0. The van der Waals surface area contributed by atoms with E-state index >= 15 is 0 Å². The van der Waals surface area contributed by atoms with Crippen molar-refractivity contribution in [3.8, 4) is 0 Å². The van der Waals surface area contributed by atoms with E-state index in [1.165, 1.54) is 40.8 Å². The van der Waals surface area contributed by atoms with Crippen LogP contribution in [0.2, 0.25) is 0 Å². The van der Waals surface area contributed by atoms with Gasteiger partial charge in [0.1, 0.15) is 0 Å². The second-order valence-electron chi connectivity index (χ2n) is 6.23. The van der Waals surface area contributed by atoms with Gasteiger partial charge in [0.15, 0.2) is 0 Å². The molecule has 3 aromatic carbocycles. The lowest BCUT2D eigenvalue weighted by Crippen LogP contribution is -1.97. The highest BCUT2D eigenvalue weighted by Gasteiger charge is 2.36. The lowest BCUT2D eigenvalue weighted by Gasteiger charge is -2.16. The summed E-state index contributed by atoms with van der Waals surface area (Å²) in [5.41, 5.74) is 3.30. The summed E-state index contributed by atoms with van der Waals surface area (Å²) in [6.45, 7) is 0. The van der Waals surface area contributed by atoms with Crippen molar-refractivity contribution in [1.29, 1.82) is 0 Å². The van der Waals surface area contributed by atoms with E-state index in [0.29, 0.717) is 0 Å². The Morgan fingerprint density at radius 2 is 1.16 bits per heavy atom. The van der Waals surface area contributed by atoms with Gasteiger partial charge in [0.05, 0.1) is 0 Å². The maximum atomic E-state index is 2.47. The van der Waals surface area contributed by atoms with Crippen molar-refractivity contribution in [2.24, 2.45) is 0 Å². The molecule has 0 spiro atoms. The van der Waals surface area contributed by atoms with E-state index in [2.05, 4.69) is 48.5 Å². The molecule has 1 saturated carbocycles. The molecule has 2 unspecified atom stereocenters. The second kappa shape index (κ2) is 3.39. The van der Waals surface area contributed by atoms with Crippen LogP contribution in [0.25, 0.3) is 21.5 Å². The third-order valence-corrected chi connectivity index (χ3v) is 5.22. The van der Waals surface area contributed by atoms with E-state index in [0.717, 1.165) is 11.8 Å². The van der Waals surface area contributed by atoms with E-state index in [1.807, 2.05) is 0 Å². The molecule has 0 radical (unpaired) electrons. The van der Waals surface area contributed by atoms with Crippen LogP contribution in [0.1, 0.15) is 42.2 Å². The molecule has 0 heterocycles. The largest absolute Gasteiger partial charge is 0.0616 e. The zero-order chi connectivity index (χ0) is 12.4. The molecular weight excluding hydrogens is 228 g/mol. The SMILES string of the molecule is c1ccc2cc3cc4c(cc3cc2c1)C1CCC4C1. The minimum atomic E-state index is 0.857. The Kier molecular flexibility index (Phi) is 1.79. The van der Waals surface area contributed by atoms with Crippen LogP contribution in [-0.2, 0) is 0 Å². The summed E-state index contributed by atoms with van der Waals surface area (Å²) in [6.07, 6.45) is 4.23. The van der Waals surface area contributed by atoms with E-state index in [-0.39, 0.29) is 0 Å². The van der Waals surface area contributed by atoms with Gasteiger partial charge in [-0.25, -0.2) is 0 Å². The fourth-order valence-corrected chi connectivity index (χ4v) is 4.28. The average molecular weight is 244 g/mol. The predicted octanol–water partition coefficient (Wildman–Crippen LogP) is 5.36. The van der Waals surface area contributed by atoms with Crippen molar-refractivity contribution in [1.82, 2.24) is 0 Å². The summed E-state index contributed by atoms with van der Waals surface area (Å²) in [6, 6.07) is 18.4. The van der Waals surface area contributed by atoms with Gasteiger partial charge in [0.25, 0.3) is 0 Å². The summed E-state index contributed by atoms with van der Waals surface area (Å²) >= 11 is 0. The molecule has 0 nitrogen and oxygen atoms in total. The fraction of sp³-hybridized carbons (Fsp3) is 0.263. The molecule has 2 aliphatic carbocycles. The average Bonchev–Trinajstić information content (AvgIpc) is 3.04. The molecular formula is C19H16. The summed E-state index contributed by atoms with van der Waals surface area (Å²) in [5, 5.41) is 5.56. The second-order valence-corrected chi connectivity index (χ2v) is 6.23. The first-order chi connectivity index (χ1) is 9.38.